The number of allylic oxidation sites excluding steroid dienone is 4. The van der Waals surface area contributed by atoms with Crippen molar-refractivity contribution in [3.05, 3.63) is 70.8 Å². The molecule has 6 rings (SSSR count). The zero-order valence-electron chi connectivity index (χ0n) is 11.7. The molecule has 0 aliphatic heterocycles. The smallest absolute Gasteiger partial charge is 0.155 e. The van der Waals surface area contributed by atoms with Gasteiger partial charge in [0.1, 0.15) is 0 Å². The van der Waals surface area contributed by atoms with Crippen LogP contribution in [0.5, 0.6) is 0 Å². The standard InChI is InChI=1S/C20H12O2/c21-19-12-5-7-14(19)17-10(12)3-1-9-2-4-11-13-6-8-15(20(13)22)18(11)16(9)17/h1-8,12-15H. The third-order valence-corrected chi connectivity index (χ3v) is 5.84. The highest BCUT2D eigenvalue weighted by Crippen LogP contribution is 2.54. The van der Waals surface area contributed by atoms with Crippen molar-refractivity contribution in [1.82, 2.24) is 0 Å². The zero-order chi connectivity index (χ0) is 14.6. The van der Waals surface area contributed by atoms with E-state index in [0.29, 0.717) is 11.6 Å². The molecule has 0 saturated carbocycles. The first kappa shape index (κ1) is 11.1. The van der Waals surface area contributed by atoms with Crippen LogP contribution >= 0.6 is 0 Å². The predicted molar refractivity (Wildman–Crippen MR) is 83.2 cm³/mol. The van der Waals surface area contributed by atoms with E-state index in [0.717, 1.165) is 16.5 Å². The monoisotopic (exact) mass is 284 g/mol. The fourth-order valence-corrected chi connectivity index (χ4v) is 4.92. The second kappa shape index (κ2) is 3.30. The molecule has 0 radical (unpaired) electrons. The van der Waals surface area contributed by atoms with Crippen LogP contribution in [-0.4, -0.2) is 11.6 Å². The first-order valence-corrected chi connectivity index (χ1v) is 7.79. The molecule has 22 heavy (non-hydrogen) atoms. The molecule has 2 heteroatoms. The number of fused-ring (bicyclic) bond motifs is 13. The summed E-state index contributed by atoms with van der Waals surface area (Å²) in [5, 5.41) is 2.32. The van der Waals surface area contributed by atoms with Crippen molar-refractivity contribution in [1.29, 1.82) is 0 Å². The van der Waals surface area contributed by atoms with Gasteiger partial charge in [-0.15, -0.1) is 0 Å². The van der Waals surface area contributed by atoms with Crippen LogP contribution in [0.25, 0.3) is 10.8 Å². The van der Waals surface area contributed by atoms with Crippen LogP contribution in [-0.2, 0) is 9.59 Å². The third kappa shape index (κ3) is 0.989. The SMILES string of the molecule is O=C1C2C=CC1c1c2ccc2ccc3c(c12)C1C=CC3C1=O. The average molecular weight is 284 g/mol. The Hall–Kier alpha value is -2.48. The van der Waals surface area contributed by atoms with E-state index in [1.165, 1.54) is 16.5 Å². The average Bonchev–Trinajstić information content (AvgIpc) is 3.25. The lowest BCUT2D eigenvalue weighted by atomic mass is 9.84. The predicted octanol–water partition coefficient (Wildman–Crippen LogP) is 3.48. The number of rotatable bonds is 0. The number of hydrogen-bond donors (Lipinski definition) is 0. The molecule has 4 aliphatic carbocycles. The molecule has 4 aliphatic rings. The lowest BCUT2D eigenvalue weighted by Crippen LogP contribution is -2.03. The van der Waals surface area contributed by atoms with Gasteiger partial charge in [0.15, 0.2) is 11.6 Å². The Labute approximate surface area is 127 Å². The highest BCUT2D eigenvalue weighted by atomic mass is 16.1. The van der Waals surface area contributed by atoms with Crippen molar-refractivity contribution in [2.45, 2.75) is 23.7 Å². The number of ketones is 2. The van der Waals surface area contributed by atoms with Crippen LogP contribution < -0.4 is 0 Å². The number of carbonyl (C=O) groups excluding carboxylic acids is 2. The van der Waals surface area contributed by atoms with Crippen molar-refractivity contribution in [2.75, 3.05) is 0 Å². The summed E-state index contributed by atoms with van der Waals surface area (Å²) in [7, 11) is 0. The molecule has 0 spiro atoms. The van der Waals surface area contributed by atoms with Crippen LogP contribution in [0.3, 0.4) is 0 Å². The molecule has 0 fully saturated rings. The Morgan fingerprint density at radius 1 is 0.591 bits per heavy atom. The van der Waals surface area contributed by atoms with Gasteiger partial charge in [0, 0.05) is 0 Å². The van der Waals surface area contributed by atoms with Crippen molar-refractivity contribution in [2.24, 2.45) is 0 Å². The summed E-state index contributed by atoms with van der Waals surface area (Å²) >= 11 is 0. The highest BCUT2D eigenvalue weighted by Gasteiger charge is 2.46. The van der Waals surface area contributed by atoms with E-state index in [1.807, 2.05) is 24.3 Å². The van der Waals surface area contributed by atoms with E-state index in [1.54, 1.807) is 0 Å². The highest BCUT2D eigenvalue weighted by molar-refractivity contribution is 6.12. The Balaban J connectivity index is 1.79. The summed E-state index contributed by atoms with van der Waals surface area (Å²) in [5.41, 5.74) is 4.64. The van der Waals surface area contributed by atoms with Crippen LogP contribution in [0.4, 0.5) is 0 Å². The molecule has 4 atom stereocenters. The second-order valence-corrected chi connectivity index (χ2v) is 6.72. The fraction of sp³-hybridized carbons (Fsp3) is 0.200. The largest absolute Gasteiger partial charge is 0.298 e. The van der Waals surface area contributed by atoms with E-state index in [9.17, 15) is 9.59 Å². The maximum absolute atomic E-state index is 12.4. The van der Waals surface area contributed by atoms with E-state index in [4.69, 9.17) is 0 Å². The molecule has 4 bridgehead atoms. The molecule has 2 aromatic carbocycles. The minimum Gasteiger partial charge on any atom is -0.298 e. The van der Waals surface area contributed by atoms with Crippen LogP contribution in [0, 0.1) is 0 Å². The quantitative estimate of drug-likeness (QED) is 0.694. The Morgan fingerprint density at radius 2 is 1.05 bits per heavy atom. The topological polar surface area (TPSA) is 34.1 Å². The van der Waals surface area contributed by atoms with Gasteiger partial charge in [-0.1, -0.05) is 48.6 Å². The molecule has 0 amide bonds. The molecule has 0 N–H and O–H groups in total. The van der Waals surface area contributed by atoms with Crippen LogP contribution in [0.2, 0.25) is 0 Å². The van der Waals surface area contributed by atoms with E-state index in [2.05, 4.69) is 24.3 Å². The van der Waals surface area contributed by atoms with Crippen molar-refractivity contribution in [3.63, 3.8) is 0 Å². The van der Waals surface area contributed by atoms with Gasteiger partial charge in [-0.25, -0.2) is 0 Å². The van der Waals surface area contributed by atoms with Crippen LogP contribution in [0.1, 0.15) is 45.9 Å². The summed E-state index contributed by atoms with van der Waals surface area (Å²) in [5.74, 6) is 0.257. The molecular weight excluding hydrogens is 272 g/mol. The summed E-state index contributed by atoms with van der Waals surface area (Å²) < 4.78 is 0. The zero-order valence-corrected chi connectivity index (χ0v) is 11.7. The summed E-state index contributed by atoms with van der Waals surface area (Å²) in [6.45, 7) is 0. The van der Waals surface area contributed by atoms with Gasteiger partial charge in [-0.2, -0.15) is 0 Å². The maximum Gasteiger partial charge on any atom is 0.155 e. The molecule has 4 unspecified atom stereocenters. The number of Topliss-reactive ketones (excluding diaryl/α,β-unsaturated/α-hetero) is 2. The van der Waals surface area contributed by atoms with E-state index in [-0.39, 0.29) is 23.7 Å². The van der Waals surface area contributed by atoms with Gasteiger partial charge in [-0.3, -0.25) is 9.59 Å². The van der Waals surface area contributed by atoms with Crippen molar-refractivity contribution in [3.8, 4) is 0 Å². The van der Waals surface area contributed by atoms with Gasteiger partial charge in [0.25, 0.3) is 0 Å². The van der Waals surface area contributed by atoms with Gasteiger partial charge in [0.05, 0.1) is 23.7 Å². The first-order valence-electron chi connectivity index (χ1n) is 7.79. The van der Waals surface area contributed by atoms with Gasteiger partial charge >= 0.3 is 0 Å². The Kier molecular flexibility index (Phi) is 1.67. The number of carbonyl (C=O) groups is 2. The third-order valence-electron chi connectivity index (χ3n) is 5.84. The van der Waals surface area contributed by atoms with Gasteiger partial charge in [-0.05, 0) is 33.0 Å². The second-order valence-electron chi connectivity index (χ2n) is 6.72. The molecule has 2 aromatic rings. The van der Waals surface area contributed by atoms with Gasteiger partial charge < -0.3 is 0 Å². The molecule has 0 saturated heterocycles. The lowest BCUT2D eigenvalue weighted by molar-refractivity contribution is -0.119. The molecular formula is C20H12O2. The molecule has 2 nitrogen and oxygen atoms in total. The van der Waals surface area contributed by atoms with Crippen molar-refractivity contribution >= 4 is 22.3 Å². The summed E-state index contributed by atoms with van der Waals surface area (Å²) in [6.07, 6.45) is 8.14. The fourth-order valence-electron chi connectivity index (χ4n) is 4.92. The molecule has 0 aromatic heterocycles. The first-order chi connectivity index (χ1) is 10.8. The normalized spacial score (nSPS) is 32.4. The lowest BCUT2D eigenvalue weighted by Gasteiger charge is -2.18. The number of hydrogen-bond acceptors (Lipinski definition) is 2. The minimum atomic E-state index is -0.103. The van der Waals surface area contributed by atoms with E-state index >= 15 is 0 Å². The Bertz CT molecular complexity index is 916. The van der Waals surface area contributed by atoms with Crippen molar-refractivity contribution < 1.29 is 9.59 Å². The van der Waals surface area contributed by atoms with Gasteiger partial charge in [0.2, 0.25) is 0 Å². The molecule has 104 valence electrons. The molecule has 0 heterocycles. The maximum atomic E-state index is 12.4. The van der Waals surface area contributed by atoms with Crippen LogP contribution in [0.15, 0.2) is 48.6 Å². The summed E-state index contributed by atoms with van der Waals surface area (Å²) in [6, 6.07) is 8.41. The summed E-state index contributed by atoms with van der Waals surface area (Å²) in [4.78, 5) is 24.9. The minimum absolute atomic E-state index is 0.0647. The Morgan fingerprint density at radius 3 is 1.55 bits per heavy atom. The number of benzene rings is 2. The van der Waals surface area contributed by atoms with E-state index < -0.39 is 0 Å².